The summed E-state index contributed by atoms with van der Waals surface area (Å²) < 4.78 is 28.4. The number of hydrogen-bond donors (Lipinski definition) is 1. The van der Waals surface area contributed by atoms with Crippen LogP contribution in [0, 0.1) is 13.8 Å². The third-order valence-corrected chi connectivity index (χ3v) is 2.87. The van der Waals surface area contributed by atoms with Gasteiger partial charge in [-0.1, -0.05) is 18.2 Å². The Morgan fingerprint density at radius 3 is 2.15 bits per heavy atom. The topological polar surface area (TPSA) is 21.3 Å². The van der Waals surface area contributed by atoms with Crippen LogP contribution < -0.4 is 10.1 Å². The Bertz CT molecular complexity index is 547. The summed E-state index contributed by atoms with van der Waals surface area (Å²) in [5.74, 6) is 0.176. The summed E-state index contributed by atoms with van der Waals surface area (Å²) in [7, 11) is 0. The highest BCUT2D eigenvalue weighted by Crippen LogP contribution is 2.17. The van der Waals surface area contributed by atoms with E-state index in [1.807, 2.05) is 0 Å². The first-order valence-electron chi connectivity index (χ1n) is 6.39. The molecule has 0 aromatic heterocycles. The monoisotopic (exact) mass is 277 g/mol. The van der Waals surface area contributed by atoms with E-state index in [-0.39, 0.29) is 5.75 Å². The van der Waals surface area contributed by atoms with Crippen molar-refractivity contribution < 1.29 is 13.5 Å². The Morgan fingerprint density at radius 1 is 1.00 bits per heavy atom. The number of ether oxygens (including phenoxy) is 1. The second-order valence-corrected chi connectivity index (χ2v) is 4.75. The SMILES string of the molecule is Cc1cc(C)cc(NCc2ccc(OC(F)F)cc2)c1. The van der Waals surface area contributed by atoms with Gasteiger partial charge < -0.3 is 10.1 Å². The first kappa shape index (κ1) is 14.3. The van der Waals surface area contributed by atoms with Crippen molar-refractivity contribution >= 4 is 5.69 Å². The van der Waals surface area contributed by atoms with Crippen LogP contribution in [-0.4, -0.2) is 6.61 Å². The second-order valence-electron chi connectivity index (χ2n) is 4.75. The molecule has 0 radical (unpaired) electrons. The van der Waals surface area contributed by atoms with Crippen LogP contribution in [-0.2, 0) is 6.54 Å². The van der Waals surface area contributed by atoms with Crippen molar-refractivity contribution in [3.8, 4) is 5.75 Å². The largest absolute Gasteiger partial charge is 0.435 e. The summed E-state index contributed by atoms with van der Waals surface area (Å²) in [4.78, 5) is 0. The normalized spacial score (nSPS) is 10.7. The molecule has 0 atom stereocenters. The first-order chi connectivity index (χ1) is 9.52. The molecule has 0 bridgehead atoms. The van der Waals surface area contributed by atoms with Crippen LogP contribution in [0.2, 0.25) is 0 Å². The van der Waals surface area contributed by atoms with Gasteiger partial charge in [-0.05, 0) is 54.8 Å². The zero-order chi connectivity index (χ0) is 14.5. The van der Waals surface area contributed by atoms with Crippen LogP contribution in [0.15, 0.2) is 42.5 Å². The lowest BCUT2D eigenvalue weighted by Crippen LogP contribution is -2.03. The average Bonchev–Trinajstić information content (AvgIpc) is 2.36. The van der Waals surface area contributed by atoms with E-state index in [0.29, 0.717) is 6.54 Å². The van der Waals surface area contributed by atoms with Gasteiger partial charge in [0.2, 0.25) is 0 Å². The van der Waals surface area contributed by atoms with Gasteiger partial charge in [-0.2, -0.15) is 8.78 Å². The Balaban J connectivity index is 1.96. The fourth-order valence-corrected chi connectivity index (χ4v) is 2.07. The quantitative estimate of drug-likeness (QED) is 0.867. The Hall–Kier alpha value is -2.10. The number of anilines is 1. The Morgan fingerprint density at radius 2 is 1.60 bits per heavy atom. The Kier molecular flexibility index (Phi) is 4.56. The number of hydrogen-bond acceptors (Lipinski definition) is 2. The van der Waals surface area contributed by atoms with Crippen molar-refractivity contribution in [2.24, 2.45) is 0 Å². The van der Waals surface area contributed by atoms with Crippen LogP contribution in [0.25, 0.3) is 0 Å². The highest BCUT2D eigenvalue weighted by atomic mass is 19.3. The molecular weight excluding hydrogens is 260 g/mol. The van der Waals surface area contributed by atoms with Gasteiger partial charge in [0, 0.05) is 12.2 Å². The van der Waals surface area contributed by atoms with E-state index in [2.05, 4.69) is 42.1 Å². The number of aryl methyl sites for hydroxylation is 2. The van der Waals surface area contributed by atoms with Crippen molar-refractivity contribution in [2.45, 2.75) is 27.0 Å². The fourth-order valence-electron chi connectivity index (χ4n) is 2.07. The highest BCUT2D eigenvalue weighted by Gasteiger charge is 2.03. The van der Waals surface area contributed by atoms with Crippen molar-refractivity contribution in [3.63, 3.8) is 0 Å². The van der Waals surface area contributed by atoms with Gasteiger partial charge in [0.15, 0.2) is 0 Å². The molecule has 2 aromatic carbocycles. The van der Waals surface area contributed by atoms with Gasteiger partial charge >= 0.3 is 6.61 Å². The van der Waals surface area contributed by atoms with Crippen molar-refractivity contribution in [1.82, 2.24) is 0 Å². The van der Waals surface area contributed by atoms with E-state index in [0.717, 1.165) is 11.3 Å². The molecule has 0 unspecified atom stereocenters. The third-order valence-electron chi connectivity index (χ3n) is 2.87. The maximum Gasteiger partial charge on any atom is 0.387 e. The highest BCUT2D eigenvalue weighted by molar-refractivity contribution is 5.48. The molecule has 0 saturated heterocycles. The standard InChI is InChI=1S/C16H17F2NO/c1-11-7-12(2)9-14(8-11)19-10-13-3-5-15(6-4-13)20-16(17)18/h3-9,16,19H,10H2,1-2H3. The smallest absolute Gasteiger partial charge is 0.387 e. The maximum atomic E-state index is 12.0. The minimum Gasteiger partial charge on any atom is -0.435 e. The number of nitrogens with one attached hydrogen (secondary N) is 1. The lowest BCUT2D eigenvalue weighted by molar-refractivity contribution is -0.0498. The molecule has 0 fully saturated rings. The second kappa shape index (κ2) is 6.37. The van der Waals surface area contributed by atoms with Gasteiger partial charge in [-0.15, -0.1) is 0 Å². The van der Waals surface area contributed by atoms with E-state index in [9.17, 15) is 8.78 Å². The molecule has 2 nitrogen and oxygen atoms in total. The number of alkyl halides is 2. The van der Waals surface area contributed by atoms with Crippen molar-refractivity contribution in [3.05, 3.63) is 59.2 Å². The molecule has 0 aliphatic carbocycles. The summed E-state index contributed by atoms with van der Waals surface area (Å²) in [5.41, 5.74) is 4.46. The molecule has 1 N–H and O–H groups in total. The summed E-state index contributed by atoms with van der Waals surface area (Å²) >= 11 is 0. The predicted molar refractivity (Wildman–Crippen MR) is 76.3 cm³/mol. The van der Waals surface area contributed by atoms with Crippen LogP contribution in [0.3, 0.4) is 0 Å². The predicted octanol–water partition coefficient (Wildman–Crippen LogP) is 4.52. The van der Waals surface area contributed by atoms with Crippen molar-refractivity contribution in [2.75, 3.05) is 5.32 Å². The number of rotatable bonds is 5. The van der Waals surface area contributed by atoms with Crippen molar-refractivity contribution in [1.29, 1.82) is 0 Å². The zero-order valence-corrected chi connectivity index (χ0v) is 11.5. The molecule has 0 spiro atoms. The van der Waals surface area contributed by atoms with Gasteiger partial charge in [0.05, 0.1) is 0 Å². The summed E-state index contributed by atoms with van der Waals surface area (Å²) in [6.45, 7) is 1.95. The molecule has 2 aromatic rings. The van der Waals surface area contributed by atoms with E-state index in [1.54, 1.807) is 24.3 Å². The Labute approximate surface area is 117 Å². The lowest BCUT2D eigenvalue weighted by Gasteiger charge is -2.10. The molecule has 0 amide bonds. The van der Waals surface area contributed by atoms with Crippen LogP contribution >= 0.6 is 0 Å². The summed E-state index contributed by atoms with van der Waals surface area (Å²) in [6, 6.07) is 12.9. The molecular formula is C16H17F2NO. The molecule has 20 heavy (non-hydrogen) atoms. The molecule has 0 heterocycles. The van der Waals surface area contributed by atoms with Crippen LogP contribution in [0.5, 0.6) is 5.75 Å². The molecule has 0 aliphatic heterocycles. The molecule has 0 aliphatic rings. The van der Waals surface area contributed by atoms with E-state index in [1.165, 1.54) is 11.1 Å². The van der Waals surface area contributed by atoms with E-state index >= 15 is 0 Å². The van der Waals surface area contributed by atoms with Gasteiger partial charge in [0.1, 0.15) is 5.75 Å². The third kappa shape index (κ3) is 4.23. The van der Waals surface area contributed by atoms with Gasteiger partial charge in [-0.3, -0.25) is 0 Å². The minimum atomic E-state index is -2.78. The summed E-state index contributed by atoms with van der Waals surface area (Å²) in [6.07, 6.45) is 0. The lowest BCUT2D eigenvalue weighted by atomic mass is 10.1. The average molecular weight is 277 g/mol. The zero-order valence-electron chi connectivity index (χ0n) is 11.5. The molecule has 4 heteroatoms. The molecule has 106 valence electrons. The first-order valence-corrected chi connectivity index (χ1v) is 6.39. The minimum absolute atomic E-state index is 0.176. The number of benzene rings is 2. The molecule has 2 rings (SSSR count). The van der Waals surface area contributed by atoms with Crippen LogP contribution in [0.1, 0.15) is 16.7 Å². The number of halogens is 2. The van der Waals surface area contributed by atoms with Crippen LogP contribution in [0.4, 0.5) is 14.5 Å². The maximum absolute atomic E-state index is 12.0. The fraction of sp³-hybridized carbons (Fsp3) is 0.250. The molecule has 0 saturated carbocycles. The van der Waals surface area contributed by atoms with Gasteiger partial charge in [0.25, 0.3) is 0 Å². The van der Waals surface area contributed by atoms with E-state index < -0.39 is 6.61 Å². The van der Waals surface area contributed by atoms with Gasteiger partial charge in [-0.25, -0.2) is 0 Å². The van der Waals surface area contributed by atoms with E-state index in [4.69, 9.17) is 0 Å². The summed E-state index contributed by atoms with van der Waals surface area (Å²) in [5, 5.41) is 3.31.